The highest BCUT2D eigenvalue weighted by Gasteiger charge is 2.39. The quantitative estimate of drug-likeness (QED) is 0.335. The third-order valence-electron chi connectivity index (χ3n) is 5.40. The molecule has 4 aromatic rings. The summed E-state index contributed by atoms with van der Waals surface area (Å²) in [6, 6.07) is 13.3. The summed E-state index contributed by atoms with van der Waals surface area (Å²) in [6.07, 6.45) is 4.91. The molecule has 0 saturated heterocycles. The van der Waals surface area contributed by atoms with Crippen molar-refractivity contribution in [2.24, 2.45) is 0 Å². The van der Waals surface area contributed by atoms with E-state index in [4.69, 9.17) is 4.74 Å². The number of methoxy groups -OCH3 is 1. The fourth-order valence-electron chi connectivity index (χ4n) is 3.53. The molecule has 0 aliphatic heterocycles. The molecule has 2 aromatic carbocycles. The predicted molar refractivity (Wildman–Crippen MR) is 131 cm³/mol. The van der Waals surface area contributed by atoms with Gasteiger partial charge in [-0.05, 0) is 37.6 Å². The topological polar surface area (TPSA) is 116 Å². The number of nitrogens with zero attached hydrogens (tertiary/aromatic N) is 5. The molecule has 4 rings (SSSR count). The molecule has 0 atom stereocenters. The van der Waals surface area contributed by atoms with Crippen LogP contribution in [0.2, 0.25) is 0 Å². The Labute approximate surface area is 204 Å². The Morgan fingerprint density at radius 1 is 0.800 bits per heavy atom. The van der Waals surface area contributed by atoms with E-state index in [-0.39, 0.29) is 15.5 Å². The van der Waals surface area contributed by atoms with E-state index in [9.17, 15) is 16.8 Å². The van der Waals surface area contributed by atoms with Gasteiger partial charge in [0.1, 0.15) is 15.5 Å². The van der Waals surface area contributed by atoms with Crippen LogP contribution in [-0.2, 0) is 33.1 Å². The average Bonchev–Trinajstić information content (AvgIpc) is 3.55. The summed E-state index contributed by atoms with van der Waals surface area (Å²) in [6.45, 7) is 4.45. The molecule has 10 nitrogen and oxygen atoms in total. The second-order valence-electron chi connectivity index (χ2n) is 7.52. The average molecular weight is 516 g/mol. The lowest BCUT2D eigenvalue weighted by atomic mass is 10.0. The summed E-state index contributed by atoms with van der Waals surface area (Å²) in [4.78, 5) is -0.481. The predicted octanol–water partition coefficient (Wildman–Crippen LogP) is 3.38. The van der Waals surface area contributed by atoms with Gasteiger partial charge in [0.15, 0.2) is 0 Å². The molecule has 0 aliphatic rings. The lowest BCUT2D eigenvalue weighted by Gasteiger charge is -2.25. The lowest BCUT2D eigenvalue weighted by molar-refractivity contribution is 0.415. The van der Waals surface area contributed by atoms with Crippen LogP contribution in [0.1, 0.15) is 13.8 Å². The summed E-state index contributed by atoms with van der Waals surface area (Å²) in [5.74, 6) is 0.613. The molecule has 0 bridgehead atoms. The van der Waals surface area contributed by atoms with Crippen LogP contribution in [0.25, 0.3) is 11.1 Å². The van der Waals surface area contributed by atoms with Gasteiger partial charge in [-0.2, -0.15) is 30.7 Å². The number of sulfonamides is 2. The van der Waals surface area contributed by atoms with E-state index in [1.807, 2.05) is 0 Å². The van der Waals surface area contributed by atoms with Crippen molar-refractivity contribution in [2.75, 3.05) is 10.8 Å². The van der Waals surface area contributed by atoms with E-state index in [2.05, 4.69) is 10.2 Å². The van der Waals surface area contributed by atoms with Crippen molar-refractivity contribution in [3.8, 4) is 16.9 Å². The standard InChI is InChI=1S/C23H25N5O5S2/c1-4-26-16-20(14-24-26)34(29,30)28(35(31,32)21-15-25-27(5-2)17-21)23-9-7-6-8-22(23)18-10-12-19(33-3)13-11-18/h6-17H,4-5H2,1-3H3. The Hall–Kier alpha value is -3.64. The third-order valence-corrected chi connectivity index (χ3v) is 9.46. The zero-order chi connectivity index (χ0) is 25.2. The molecule has 0 radical (unpaired) electrons. The van der Waals surface area contributed by atoms with Gasteiger partial charge in [-0.15, -0.1) is 0 Å². The number of ether oxygens (including phenoxy) is 1. The van der Waals surface area contributed by atoms with E-state index >= 15 is 0 Å². The smallest absolute Gasteiger partial charge is 0.280 e. The number of aryl methyl sites for hydroxylation is 2. The first-order chi connectivity index (χ1) is 16.7. The molecule has 2 aromatic heterocycles. The minimum atomic E-state index is -4.59. The number of para-hydroxylation sites is 1. The monoisotopic (exact) mass is 515 g/mol. The van der Waals surface area contributed by atoms with Crippen molar-refractivity contribution in [3.63, 3.8) is 0 Å². The molecular weight excluding hydrogens is 490 g/mol. The molecule has 0 saturated carbocycles. The summed E-state index contributed by atoms with van der Waals surface area (Å²) in [7, 11) is -7.64. The van der Waals surface area contributed by atoms with Gasteiger partial charge in [0.05, 0.1) is 25.2 Å². The largest absolute Gasteiger partial charge is 0.497 e. The van der Waals surface area contributed by atoms with Crippen molar-refractivity contribution >= 4 is 25.7 Å². The second-order valence-corrected chi connectivity index (χ2v) is 11.3. The number of hydrogen-bond donors (Lipinski definition) is 0. The number of rotatable bonds is 9. The fraction of sp³-hybridized carbons (Fsp3) is 0.217. The minimum Gasteiger partial charge on any atom is -0.497 e. The zero-order valence-electron chi connectivity index (χ0n) is 19.4. The minimum absolute atomic E-state index is 0.0221. The fourth-order valence-corrected chi connectivity index (χ4v) is 7.17. The maximum Gasteiger partial charge on any atom is 0.280 e. The van der Waals surface area contributed by atoms with Gasteiger partial charge in [-0.1, -0.05) is 30.3 Å². The molecule has 12 heteroatoms. The number of anilines is 1. The molecule has 0 amide bonds. The van der Waals surface area contributed by atoms with Crippen molar-refractivity contribution < 1.29 is 21.6 Å². The Morgan fingerprint density at radius 2 is 1.31 bits per heavy atom. The molecular formula is C23H25N5O5S2. The Kier molecular flexibility index (Phi) is 6.68. The number of aromatic nitrogens is 4. The Morgan fingerprint density at radius 3 is 1.77 bits per heavy atom. The van der Waals surface area contributed by atoms with E-state index in [1.165, 1.54) is 34.9 Å². The first kappa shape index (κ1) is 24.5. The number of hydrogen-bond acceptors (Lipinski definition) is 7. The van der Waals surface area contributed by atoms with Gasteiger partial charge < -0.3 is 4.74 Å². The first-order valence-corrected chi connectivity index (χ1v) is 13.7. The first-order valence-electron chi connectivity index (χ1n) is 10.8. The van der Waals surface area contributed by atoms with Crippen LogP contribution in [-0.4, -0.2) is 43.5 Å². The van der Waals surface area contributed by atoms with Crippen LogP contribution in [0.5, 0.6) is 5.75 Å². The summed E-state index contributed by atoms with van der Waals surface area (Å²) < 4.78 is 64.1. The molecule has 0 unspecified atom stereocenters. The third kappa shape index (κ3) is 4.54. The molecule has 0 aliphatic carbocycles. The van der Waals surface area contributed by atoms with Crippen LogP contribution in [0.15, 0.2) is 83.1 Å². The van der Waals surface area contributed by atoms with Gasteiger partial charge in [0.2, 0.25) is 0 Å². The summed E-state index contributed by atoms with van der Waals surface area (Å²) in [5.41, 5.74) is 1.00. The maximum atomic E-state index is 13.9. The normalized spacial score (nSPS) is 12.0. The Balaban J connectivity index is 1.97. The van der Waals surface area contributed by atoms with Crippen LogP contribution in [0.3, 0.4) is 0 Å². The van der Waals surface area contributed by atoms with Gasteiger partial charge in [-0.25, -0.2) is 0 Å². The molecule has 0 spiro atoms. The van der Waals surface area contributed by atoms with Crippen LogP contribution in [0, 0.1) is 0 Å². The van der Waals surface area contributed by atoms with Gasteiger partial charge in [-0.3, -0.25) is 9.36 Å². The summed E-state index contributed by atoms with van der Waals surface area (Å²) in [5, 5.41) is 8.07. The molecule has 0 fully saturated rings. The van der Waals surface area contributed by atoms with Gasteiger partial charge in [0, 0.05) is 31.0 Å². The molecule has 184 valence electrons. The molecule has 0 N–H and O–H groups in total. The molecule has 35 heavy (non-hydrogen) atoms. The van der Waals surface area contributed by atoms with E-state index in [1.54, 1.807) is 56.3 Å². The van der Waals surface area contributed by atoms with Crippen LogP contribution < -0.4 is 8.45 Å². The van der Waals surface area contributed by atoms with Gasteiger partial charge >= 0.3 is 0 Å². The maximum absolute atomic E-state index is 13.9. The van der Waals surface area contributed by atoms with E-state index < -0.39 is 20.0 Å². The highest BCUT2D eigenvalue weighted by Crippen LogP contribution is 2.38. The van der Waals surface area contributed by atoms with Gasteiger partial charge in [0.25, 0.3) is 20.0 Å². The van der Waals surface area contributed by atoms with E-state index in [0.717, 1.165) is 12.4 Å². The van der Waals surface area contributed by atoms with Crippen LogP contribution >= 0.6 is 0 Å². The summed E-state index contributed by atoms with van der Waals surface area (Å²) >= 11 is 0. The lowest BCUT2D eigenvalue weighted by Crippen LogP contribution is -2.37. The molecule has 2 heterocycles. The number of benzene rings is 2. The van der Waals surface area contributed by atoms with Crippen molar-refractivity contribution in [1.29, 1.82) is 0 Å². The van der Waals surface area contributed by atoms with Crippen molar-refractivity contribution in [3.05, 3.63) is 73.3 Å². The Bertz CT molecular complexity index is 1470. The SMILES string of the molecule is CCn1cc(S(=O)(=O)N(c2ccccc2-c2ccc(OC)cc2)S(=O)(=O)c2cnn(CC)c2)cn1. The highest BCUT2D eigenvalue weighted by molar-refractivity contribution is 8.10. The second kappa shape index (κ2) is 9.55. The van der Waals surface area contributed by atoms with Crippen LogP contribution in [0.4, 0.5) is 5.69 Å². The highest BCUT2D eigenvalue weighted by atomic mass is 32.3. The van der Waals surface area contributed by atoms with Crippen molar-refractivity contribution in [1.82, 2.24) is 19.6 Å². The van der Waals surface area contributed by atoms with Crippen molar-refractivity contribution in [2.45, 2.75) is 36.7 Å². The zero-order valence-corrected chi connectivity index (χ0v) is 21.1. The van der Waals surface area contributed by atoms with E-state index in [0.29, 0.717) is 33.7 Å².